The van der Waals surface area contributed by atoms with E-state index in [1.807, 2.05) is 0 Å². The van der Waals surface area contributed by atoms with Gasteiger partial charge in [-0.2, -0.15) is 0 Å². The maximum Gasteiger partial charge on any atom is 0.324 e. The summed E-state index contributed by atoms with van der Waals surface area (Å²) in [5.74, 6) is 0.431. The second kappa shape index (κ2) is 10.3. The van der Waals surface area contributed by atoms with E-state index in [2.05, 4.69) is 38.2 Å². The lowest BCUT2D eigenvalue weighted by Gasteiger charge is -2.37. The van der Waals surface area contributed by atoms with Crippen LogP contribution in [-0.4, -0.2) is 40.6 Å². The van der Waals surface area contributed by atoms with Crippen molar-refractivity contribution in [1.82, 2.24) is 5.32 Å². The van der Waals surface area contributed by atoms with Crippen LogP contribution in [0.4, 0.5) is 17.1 Å². The number of non-ortho nitro benzene ring substituents is 1. The van der Waals surface area contributed by atoms with Crippen LogP contribution in [0.15, 0.2) is 24.3 Å². The van der Waals surface area contributed by atoms with Gasteiger partial charge in [0.2, 0.25) is 0 Å². The zero-order valence-corrected chi connectivity index (χ0v) is 19.4. The molecule has 0 aliphatic carbocycles. The molecule has 1 aliphatic rings. The van der Waals surface area contributed by atoms with Crippen LogP contribution < -0.4 is 14.8 Å². The Morgan fingerprint density at radius 2 is 1.41 bits per heavy atom. The predicted molar refractivity (Wildman–Crippen MR) is 122 cm³/mol. The molecule has 0 aromatic heterocycles. The Hall–Kier alpha value is -4.00. The van der Waals surface area contributed by atoms with Crippen molar-refractivity contribution in [2.45, 2.75) is 33.2 Å². The number of phenolic OH excluding ortho intramolecular Hbond substituents is 1. The first-order chi connectivity index (χ1) is 15.8. The minimum absolute atomic E-state index is 0.189. The number of nitrogens with zero attached hydrogens (tertiary/aromatic N) is 3. The van der Waals surface area contributed by atoms with E-state index < -0.39 is 37.6 Å². The molecule has 1 atom stereocenters. The lowest BCUT2D eigenvalue weighted by molar-refractivity contribution is -0.404. The van der Waals surface area contributed by atoms with Gasteiger partial charge in [-0.15, -0.1) is 0 Å². The standard InChI is InChI=1S/C15H23NO2.C6H3N3O7/c1-15(2,3)14-11-9-13(18-5)12(17-4)8-10(11)6-7-16-14;10-6-4(8(13)14)1-3(7(11)12)2-5(6)9(15)16/h8-9,14,16H,6-7H2,1-5H3;1-2,10H. The summed E-state index contributed by atoms with van der Waals surface area (Å²) in [7, 11) is 3.37. The van der Waals surface area contributed by atoms with Gasteiger partial charge in [-0.3, -0.25) is 30.3 Å². The number of ether oxygens (including phenoxy) is 2. The first-order valence-corrected chi connectivity index (χ1v) is 10.1. The number of nitro groups is 3. The number of benzene rings is 2. The number of hydrogen-bond acceptors (Lipinski definition) is 10. The van der Waals surface area contributed by atoms with Gasteiger partial charge < -0.3 is 19.9 Å². The monoisotopic (exact) mass is 478 g/mol. The van der Waals surface area contributed by atoms with Crippen LogP contribution in [0.1, 0.15) is 37.9 Å². The van der Waals surface area contributed by atoms with Crippen LogP contribution in [0, 0.1) is 35.8 Å². The summed E-state index contributed by atoms with van der Waals surface area (Å²) in [6.07, 6.45) is 1.04. The maximum atomic E-state index is 10.4. The third kappa shape index (κ3) is 5.67. The van der Waals surface area contributed by atoms with Crippen LogP contribution in [0.25, 0.3) is 0 Å². The molecule has 0 amide bonds. The van der Waals surface area contributed by atoms with Crippen molar-refractivity contribution in [1.29, 1.82) is 0 Å². The normalized spacial score (nSPS) is 14.8. The summed E-state index contributed by atoms with van der Waals surface area (Å²) in [5.41, 5.74) is -0.106. The van der Waals surface area contributed by atoms with E-state index in [0.717, 1.165) is 24.5 Å². The summed E-state index contributed by atoms with van der Waals surface area (Å²) < 4.78 is 10.8. The van der Waals surface area contributed by atoms with E-state index in [9.17, 15) is 30.3 Å². The molecule has 2 aromatic carbocycles. The van der Waals surface area contributed by atoms with Gasteiger partial charge in [-0.05, 0) is 41.6 Å². The number of phenols is 1. The molecule has 0 bridgehead atoms. The molecule has 34 heavy (non-hydrogen) atoms. The molecule has 2 aromatic rings. The van der Waals surface area contributed by atoms with Gasteiger partial charge in [0.1, 0.15) is 0 Å². The van der Waals surface area contributed by atoms with Crippen LogP contribution in [-0.2, 0) is 6.42 Å². The number of methoxy groups -OCH3 is 2. The highest BCUT2D eigenvalue weighted by molar-refractivity contribution is 5.64. The van der Waals surface area contributed by atoms with Crippen molar-refractivity contribution in [3.05, 3.63) is 65.7 Å². The van der Waals surface area contributed by atoms with E-state index in [1.165, 1.54) is 11.1 Å². The third-order valence-electron chi connectivity index (χ3n) is 5.22. The number of nitrogens with one attached hydrogen (secondary N) is 1. The summed E-state index contributed by atoms with van der Waals surface area (Å²) in [6, 6.07) is 5.50. The molecule has 0 saturated carbocycles. The summed E-state index contributed by atoms with van der Waals surface area (Å²) in [5, 5.41) is 43.8. The summed E-state index contributed by atoms with van der Waals surface area (Å²) >= 11 is 0. The number of rotatable bonds is 5. The van der Waals surface area contributed by atoms with Gasteiger partial charge in [0.15, 0.2) is 11.5 Å². The fourth-order valence-electron chi connectivity index (χ4n) is 3.63. The lowest BCUT2D eigenvalue weighted by atomic mass is 9.78. The molecule has 184 valence electrons. The Morgan fingerprint density at radius 1 is 0.912 bits per heavy atom. The summed E-state index contributed by atoms with van der Waals surface area (Å²) in [4.78, 5) is 27.8. The molecule has 13 nitrogen and oxygen atoms in total. The molecule has 0 fully saturated rings. The zero-order valence-electron chi connectivity index (χ0n) is 19.4. The minimum atomic E-state index is -1.21. The fraction of sp³-hybridized carbons (Fsp3) is 0.429. The highest BCUT2D eigenvalue weighted by atomic mass is 16.6. The molecule has 13 heteroatoms. The van der Waals surface area contributed by atoms with Gasteiger partial charge in [-0.1, -0.05) is 20.8 Å². The van der Waals surface area contributed by atoms with E-state index in [-0.39, 0.29) is 5.41 Å². The first kappa shape index (κ1) is 26.3. The lowest BCUT2D eigenvalue weighted by Crippen LogP contribution is -2.37. The van der Waals surface area contributed by atoms with Crippen LogP contribution in [0.2, 0.25) is 0 Å². The largest absolute Gasteiger partial charge is 0.497 e. The molecule has 0 saturated heterocycles. The first-order valence-electron chi connectivity index (χ1n) is 10.1. The fourth-order valence-corrected chi connectivity index (χ4v) is 3.63. The molecule has 1 aliphatic heterocycles. The van der Waals surface area contributed by atoms with E-state index in [4.69, 9.17) is 14.6 Å². The predicted octanol–water partition coefficient (Wildman–Crippen LogP) is 4.05. The molecule has 1 heterocycles. The van der Waals surface area contributed by atoms with Crippen molar-refractivity contribution in [3.63, 3.8) is 0 Å². The van der Waals surface area contributed by atoms with Crippen molar-refractivity contribution in [3.8, 4) is 17.2 Å². The van der Waals surface area contributed by atoms with Crippen molar-refractivity contribution < 1.29 is 29.4 Å². The topological polar surface area (TPSA) is 180 Å². The zero-order chi connectivity index (χ0) is 25.8. The van der Waals surface area contributed by atoms with Crippen molar-refractivity contribution in [2.75, 3.05) is 20.8 Å². The molecular weight excluding hydrogens is 452 g/mol. The van der Waals surface area contributed by atoms with Gasteiger partial charge in [0.05, 0.1) is 41.1 Å². The average molecular weight is 478 g/mol. The van der Waals surface area contributed by atoms with Gasteiger partial charge in [-0.25, -0.2) is 0 Å². The molecule has 2 N–H and O–H groups in total. The average Bonchev–Trinajstić information content (AvgIpc) is 2.76. The smallest absolute Gasteiger partial charge is 0.324 e. The maximum absolute atomic E-state index is 10.4. The second-order valence-electron chi connectivity index (χ2n) is 8.51. The molecular formula is C21H26N4O9. The molecule has 1 unspecified atom stereocenters. The van der Waals surface area contributed by atoms with Crippen molar-refractivity contribution >= 4 is 17.1 Å². The molecule has 3 rings (SSSR count). The Kier molecular flexibility index (Phi) is 7.95. The highest BCUT2D eigenvalue weighted by Crippen LogP contribution is 2.41. The number of hydrogen-bond donors (Lipinski definition) is 2. The Balaban J connectivity index is 0.000000242. The van der Waals surface area contributed by atoms with Gasteiger partial charge in [0.25, 0.3) is 11.4 Å². The Labute approximate surface area is 194 Å². The van der Waals surface area contributed by atoms with E-state index in [0.29, 0.717) is 18.2 Å². The quantitative estimate of drug-likeness (QED) is 0.470. The van der Waals surface area contributed by atoms with Gasteiger partial charge in [0, 0.05) is 6.04 Å². The van der Waals surface area contributed by atoms with Crippen LogP contribution in [0.3, 0.4) is 0 Å². The second-order valence-corrected chi connectivity index (χ2v) is 8.51. The SMILES string of the molecule is COc1cc2c(cc1OC)C(C(C)(C)C)NCC2.O=[N+]([O-])c1cc([N+](=O)[O-])c(O)c([N+](=O)[O-])c1. The number of aromatic hydroxyl groups is 1. The minimum Gasteiger partial charge on any atom is -0.497 e. The number of fused-ring (bicyclic) bond motifs is 1. The van der Waals surface area contributed by atoms with Gasteiger partial charge >= 0.3 is 11.4 Å². The third-order valence-corrected chi connectivity index (χ3v) is 5.22. The van der Waals surface area contributed by atoms with Crippen molar-refractivity contribution in [2.24, 2.45) is 5.41 Å². The van der Waals surface area contributed by atoms with Crippen LogP contribution >= 0.6 is 0 Å². The van der Waals surface area contributed by atoms with Crippen LogP contribution in [0.5, 0.6) is 17.2 Å². The highest BCUT2D eigenvalue weighted by Gasteiger charge is 2.32. The van der Waals surface area contributed by atoms with E-state index >= 15 is 0 Å². The number of nitro benzene ring substituents is 3. The van der Waals surface area contributed by atoms with E-state index in [1.54, 1.807) is 14.2 Å². The Bertz CT molecular complexity index is 1080. The summed E-state index contributed by atoms with van der Waals surface area (Å²) in [6.45, 7) is 7.80. The Morgan fingerprint density at radius 3 is 1.82 bits per heavy atom. The molecule has 0 radical (unpaired) electrons. The molecule has 0 spiro atoms.